The zero-order valence-electron chi connectivity index (χ0n) is 24.6. The molecule has 2 heterocycles. The first-order valence-corrected chi connectivity index (χ1v) is 14.6. The van der Waals surface area contributed by atoms with Gasteiger partial charge in [-0.05, 0) is 23.6 Å². The number of aromatic amines is 1. The van der Waals surface area contributed by atoms with Gasteiger partial charge >= 0.3 is 11.7 Å². The molecule has 1 aliphatic rings. The van der Waals surface area contributed by atoms with E-state index in [1.165, 1.54) is 23.1 Å². The Hall–Kier alpha value is -5.26. The smallest absolute Gasteiger partial charge is 0.330 e. The van der Waals surface area contributed by atoms with E-state index in [2.05, 4.69) is 15.6 Å². The molecular weight excluding hydrogens is 576 g/mol. The van der Waals surface area contributed by atoms with Crippen LogP contribution in [0.5, 0.6) is 0 Å². The Morgan fingerprint density at radius 1 is 0.933 bits per heavy atom. The number of rotatable bonds is 11. The summed E-state index contributed by atoms with van der Waals surface area (Å²) in [6.07, 6.45) is 2.21. The van der Waals surface area contributed by atoms with Gasteiger partial charge in [0.25, 0.3) is 11.5 Å². The number of imide groups is 1. The van der Waals surface area contributed by atoms with Crippen LogP contribution in [-0.4, -0.2) is 46.8 Å². The molecule has 5 rings (SSSR count). The van der Waals surface area contributed by atoms with Gasteiger partial charge in [-0.25, -0.2) is 9.59 Å². The van der Waals surface area contributed by atoms with Crippen LogP contribution in [0.15, 0.2) is 125 Å². The molecule has 1 fully saturated rings. The van der Waals surface area contributed by atoms with Crippen molar-refractivity contribution in [3.63, 3.8) is 0 Å². The molecule has 1 aliphatic heterocycles. The predicted octanol–water partition coefficient (Wildman–Crippen LogP) is 3.58. The van der Waals surface area contributed by atoms with Crippen molar-refractivity contribution < 1.29 is 23.8 Å². The third kappa shape index (κ3) is 7.28. The highest BCUT2D eigenvalue weighted by molar-refractivity contribution is 6.00. The number of carbonyl (C=O) groups excluding carboxylic acids is 2. The van der Waals surface area contributed by atoms with Crippen LogP contribution in [0.25, 0.3) is 0 Å². The molecule has 0 spiro atoms. The molecule has 0 aliphatic carbocycles. The lowest BCUT2D eigenvalue weighted by atomic mass is 9.80. The van der Waals surface area contributed by atoms with Crippen molar-refractivity contribution in [2.75, 3.05) is 13.2 Å². The van der Waals surface area contributed by atoms with Crippen LogP contribution in [0.4, 0.5) is 4.79 Å². The number of urea groups is 1. The molecule has 232 valence electrons. The number of nitrogens with one attached hydrogen (secondary N) is 3. The number of hydrogen-bond donors (Lipinski definition) is 3. The second-order valence-electron chi connectivity index (χ2n) is 10.3. The van der Waals surface area contributed by atoms with Crippen LogP contribution >= 0.6 is 0 Å². The van der Waals surface area contributed by atoms with Crippen LogP contribution in [0.3, 0.4) is 0 Å². The van der Waals surface area contributed by atoms with Crippen molar-refractivity contribution in [2.45, 2.75) is 37.3 Å². The second kappa shape index (κ2) is 14.5. The number of carbonyl (C=O) groups is 2. The maximum atomic E-state index is 12.9. The zero-order valence-corrected chi connectivity index (χ0v) is 24.6. The zero-order chi connectivity index (χ0) is 31.6. The number of amides is 3. The Bertz CT molecular complexity index is 1630. The van der Waals surface area contributed by atoms with Crippen molar-refractivity contribution in [2.24, 2.45) is 0 Å². The van der Waals surface area contributed by atoms with Gasteiger partial charge in [0.15, 0.2) is 0 Å². The van der Waals surface area contributed by atoms with E-state index in [4.69, 9.17) is 14.2 Å². The van der Waals surface area contributed by atoms with E-state index in [-0.39, 0.29) is 13.0 Å². The second-order valence-corrected chi connectivity index (χ2v) is 10.3. The summed E-state index contributed by atoms with van der Waals surface area (Å²) in [5.74, 6) is -0.669. The van der Waals surface area contributed by atoms with Crippen LogP contribution in [-0.2, 0) is 24.6 Å². The normalized spacial score (nSPS) is 18.0. The molecule has 45 heavy (non-hydrogen) atoms. The van der Waals surface area contributed by atoms with Gasteiger partial charge in [-0.1, -0.05) is 91.0 Å². The van der Waals surface area contributed by atoms with E-state index in [1.807, 2.05) is 91.0 Å². The maximum Gasteiger partial charge on any atom is 0.330 e. The molecule has 4 aromatic rings. The topological polar surface area (TPSA) is 141 Å². The third-order valence-electron chi connectivity index (χ3n) is 7.44. The fourth-order valence-corrected chi connectivity index (χ4v) is 5.40. The van der Waals surface area contributed by atoms with Gasteiger partial charge in [0, 0.05) is 24.8 Å². The summed E-state index contributed by atoms with van der Waals surface area (Å²) in [6.45, 7) is 2.12. The molecule has 0 unspecified atom stereocenters. The van der Waals surface area contributed by atoms with Crippen molar-refractivity contribution in [3.8, 4) is 0 Å². The lowest BCUT2D eigenvalue weighted by Crippen LogP contribution is -2.49. The molecule has 11 nitrogen and oxygen atoms in total. The lowest BCUT2D eigenvalue weighted by Gasteiger charge is -2.37. The molecule has 3 amide bonds. The van der Waals surface area contributed by atoms with E-state index < -0.39 is 47.2 Å². The molecule has 3 atom stereocenters. The molecule has 0 bridgehead atoms. The minimum Gasteiger partial charge on any atom is -0.501 e. The molecule has 3 aromatic carbocycles. The van der Waals surface area contributed by atoms with Crippen molar-refractivity contribution in [1.82, 2.24) is 20.2 Å². The average molecular weight is 611 g/mol. The van der Waals surface area contributed by atoms with Gasteiger partial charge < -0.3 is 19.5 Å². The van der Waals surface area contributed by atoms with Crippen LogP contribution in [0, 0.1) is 0 Å². The standard InChI is InChI=1S/C34H34N4O7/c1-2-43-21-19-30(40)36-32(41)35-27-22-31(38-20-18-29(39)37-33(38)42)45-28(27)23-44-34(24-12-6-3-7-13-24,25-14-8-4-9-15-25)26-16-10-5-11-17-26/h3-21,27-28,31H,2,22-23H2,1H3,(H,37,39,42)(H2,35,36,40,41)/b21-19+/t27-,28-,31-/m1/s1. The average Bonchev–Trinajstić information content (AvgIpc) is 3.44. The Labute approximate surface area is 259 Å². The molecule has 0 radical (unpaired) electrons. The van der Waals surface area contributed by atoms with Gasteiger partial charge in [0.1, 0.15) is 17.9 Å². The van der Waals surface area contributed by atoms with E-state index in [0.717, 1.165) is 22.8 Å². The van der Waals surface area contributed by atoms with E-state index in [1.54, 1.807) is 6.92 Å². The summed E-state index contributed by atoms with van der Waals surface area (Å²) in [7, 11) is 0. The Balaban J connectivity index is 1.48. The minimum absolute atomic E-state index is 0.0174. The molecule has 0 saturated carbocycles. The van der Waals surface area contributed by atoms with Gasteiger partial charge in [0.2, 0.25) is 0 Å². The summed E-state index contributed by atoms with van der Waals surface area (Å²) in [5, 5.41) is 5.04. The van der Waals surface area contributed by atoms with Crippen molar-refractivity contribution in [1.29, 1.82) is 0 Å². The molecule has 11 heteroatoms. The molecule has 1 aromatic heterocycles. The lowest BCUT2D eigenvalue weighted by molar-refractivity contribution is -0.115. The molecular formula is C34H34N4O7. The van der Waals surface area contributed by atoms with Crippen LogP contribution in [0.2, 0.25) is 0 Å². The highest BCUT2D eigenvalue weighted by Crippen LogP contribution is 2.41. The fraction of sp³-hybridized carbons (Fsp3) is 0.235. The molecule has 3 N–H and O–H groups in total. The van der Waals surface area contributed by atoms with Crippen LogP contribution < -0.4 is 21.9 Å². The van der Waals surface area contributed by atoms with E-state index >= 15 is 0 Å². The fourth-order valence-electron chi connectivity index (χ4n) is 5.40. The summed E-state index contributed by atoms with van der Waals surface area (Å²) in [5.41, 5.74) is 0.376. The summed E-state index contributed by atoms with van der Waals surface area (Å²) >= 11 is 0. The first-order chi connectivity index (χ1) is 21.9. The number of H-pyrrole nitrogens is 1. The van der Waals surface area contributed by atoms with Gasteiger partial charge in [-0.3, -0.25) is 24.5 Å². The number of aromatic nitrogens is 2. The van der Waals surface area contributed by atoms with E-state index in [0.29, 0.717) is 6.61 Å². The monoisotopic (exact) mass is 610 g/mol. The Morgan fingerprint density at radius 2 is 1.51 bits per heavy atom. The first kappa shape index (κ1) is 31.2. The first-order valence-electron chi connectivity index (χ1n) is 14.6. The SMILES string of the molecule is CCO/C=C/C(=O)NC(=O)N[C@@H]1C[C@H](n2ccc(=O)[nH]c2=O)O[C@@H]1COC(c1ccccc1)(c1ccccc1)c1ccccc1. The molecule has 1 saturated heterocycles. The number of ether oxygens (including phenoxy) is 3. The van der Waals surface area contributed by atoms with E-state index in [9.17, 15) is 19.2 Å². The number of hydrogen-bond acceptors (Lipinski definition) is 7. The number of nitrogens with zero attached hydrogens (tertiary/aromatic N) is 1. The Morgan fingerprint density at radius 3 is 2.04 bits per heavy atom. The number of benzene rings is 3. The minimum atomic E-state index is -1.06. The summed E-state index contributed by atoms with van der Waals surface area (Å²) in [6, 6.07) is 29.1. The quantitative estimate of drug-likeness (QED) is 0.134. The third-order valence-corrected chi connectivity index (χ3v) is 7.44. The predicted molar refractivity (Wildman–Crippen MR) is 166 cm³/mol. The summed E-state index contributed by atoms with van der Waals surface area (Å²) < 4.78 is 19.5. The Kier molecular flexibility index (Phi) is 10.0. The van der Waals surface area contributed by atoms with Crippen molar-refractivity contribution >= 4 is 11.9 Å². The summed E-state index contributed by atoms with van der Waals surface area (Å²) in [4.78, 5) is 51.7. The largest absolute Gasteiger partial charge is 0.501 e. The van der Waals surface area contributed by atoms with Gasteiger partial charge in [-0.15, -0.1) is 0 Å². The maximum absolute atomic E-state index is 12.9. The van der Waals surface area contributed by atoms with Crippen LogP contribution in [0.1, 0.15) is 36.3 Å². The highest BCUT2D eigenvalue weighted by atomic mass is 16.6. The van der Waals surface area contributed by atoms with Crippen molar-refractivity contribution in [3.05, 3.63) is 153 Å². The highest BCUT2D eigenvalue weighted by Gasteiger charge is 2.43. The van der Waals surface area contributed by atoms with Gasteiger partial charge in [0.05, 0.1) is 25.5 Å². The van der Waals surface area contributed by atoms with Gasteiger partial charge in [-0.2, -0.15) is 0 Å².